The Morgan fingerprint density at radius 2 is 2.04 bits per heavy atom. The zero-order chi connectivity index (χ0) is 17.9. The Kier molecular flexibility index (Phi) is 7.03. The SMILES string of the molecule is CC(C)(Cc1ccccc1Cl)NC(=O)c1cn(C2CCNCC2)nn1.Cl. The number of hydrogen-bond acceptors (Lipinski definition) is 4. The number of benzene rings is 1. The minimum absolute atomic E-state index is 0. The van der Waals surface area contributed by atoms with Crippen molar-refractivity contribution in [3.8, 4) is 0 Å². The molecule has 1 saturated heterocycles. The topological polar surface area (TPSA) is 71.8 Å². The van der Waals surface area contributed by atoms with Gasteiger partial charge in [0.05, 0.1) is 12.2 Å². The van der Waals surface area contributed by atoms with E-state index in [1.54, 1.807) is 6.20 Å². The molecule has 1 aliphatic rings. The predicted octanol–water partition coefficient (Wildman–Crippen LogP) is 3.03. The summed E-state index contributed by atoms with van der Waals surface area (Å²) in [6, 6.07) is 8.00. The molecule has 2 aromatic rings. The zero-order valence-electron chi connectivity index (χ0n) is 15.0. The molecule has 0 radical (unpaired) electrons. The minimum atomic E-state index is -0.444. The molecule has 0 atom stereocenters. The molecular weight excluding hydrogens is 373 g/mol. The van der Waals surface area contributed by atoms with Crippen LogP contribution >= 0.6 is 24.0 Å². The van der Waals surface area contributed by atoms with Crippen LogP contribution in [0.2, 0.25) is 5.02 Å². The van der Waals surface area contributed by atoms with Crippen molar-refractivity contribution in [3.63, 3.8) is 0 Å². The molecule has 26 heavy (non-hydrogen) atoms. The van der Waals surface area contributed by atoms with Crippen LogP contribution < -0.4 is 10.6 Å². The van der Waals surface area contributed by atoms with Crippen molar-refractivity contribution in [1.29, 1.82) is 0 Å². The number of nitrogens with one attached hydrogen (secondary N) is 2. The highest BCUT2D eigenvalue weighted by Gasteiger charge is 2.25. The average molecular weight is 398 g/mol. The summed E-state index contributed by atoms with van der Waals surface area (Å²) in [6.07, 6.45) is 4.39. The molecule has 142 valence electrons. The third-order valence-corrected chi connectivity index (χ3v) is 4.84. The van der Waals surface area contributed by atoms with Crippen molar-refractivity contribution in [1.82, 2.24) is 25.6 Å². The predicted molar refractivity (Wildman–Crippen MR) is 105 cm³/mol. The summed E-state index contributed by atoms with van der Waals surface area (Å²) in [6.45, 7) is 5.89. The van der Waals surface area contributed by atoms with Gasteiger partial charge in [0.25, 0.3) is 5.91 Å². The molecule has 0 bridgehead atoms. The molecule has 1 aromatic carbocycles. The van der Waals surface area contributed by atoms with Crippen LogP contribution in [0, 0.1) is 0 Å². The quantitative estimate of drug-likeness (QED) is 0.812. The molecule has 0 spiro atoms. The summed E-state index contributed by atoms with van der Waals surface area (Å²) in [5, 5.41) is 15.3. The second kappa shape index (κ2) is 8.84. The van der Waals surface area contributed by atoms with Gasteiger partial charge in [-0.2, -0.15) is 0 Å². The Hall–Kier alpha value is -1.63. The lowest BCUT2D eigenvalue weighted by molar-refractivity contribution is 0.0907. The lowest BCUT2D eigenvalue weighted by Gasteiger charge is -2.26. The fourth-order valence-electron chi connectivity index (χ4n) is 3.16. The van der Waals surface area contributed by atoms with Crippen LogP contribution in [-0.2, 0) is 6.42 Å². The van der Waals surface area contributed by atoms with Crippen molar-refractivity contribution in [2.75, 3.05) is 13.1 Å². The Morgan fingerprint density at radius 3 is 2.73 bits per heavy atom. The van der Waals surface area contributed by atoms with Crippen molar-refractivity contribution >= 4 is 29.9 Å². The second-order valence-electron chi connectivity index (χ2n) is 7.17. The molecule has 3 rings (SSSR count). The van der Waals surface area contributed by atoms with Gasteiger partial charge in [-0.1, -0.05) is 35.0 Å². The molecule has 0 saturated carbocycles. The Labute approximate surface area is 165 Å². The molecule has 0 aliphatic carbocycles. The molecule has 6 nitrogen and oxygen atoms in total. The normalized spacial score (nSPS) is 15.3. The van der Waals surface area contributed by atoms with Gasteiger partial charge in [0.2, 0.25) is 0 Å². The number of aromatic nitrogens is 3. The largest absolute Gasteiger partial charge is 0.345 e. The van der Waals surface area contributed by atoms with E-state index in [0.29, 0.717) is 23.2 Å². The number of rotatable bonds is 5. The lowest BCUT2D eigenvalue weighted by atomic mass is 9.94. The van der Waals surface area contributed by atoms with E-state index < -0.39 is 5.54 Å². The van der Waals surface area contributed by atoms with E-state index in [0.717, 1.165) is 31.5 Å². The van der Waals surface area contributed by atoms with E-state index in [9.17, 15) is 4.79 Å². The van der Waals surface area contributed by atoms with E-state index in [1.165, 1.54) is 0 Å². The number of amides is 1. The van der Waals surface area contributed by atoms with Gasteiger partial charge >= 0.3 is 0 Å². The Balaban J connectivity index is 0.00000243. The van der Waals surface area contributed by atoms with Crippen LogP contribution in [0.15, 0.2) is 30.5 Å². The summed E-state index contributed by atoms with van der Waals surface area (Å²) >= 11 is 6.23. The molecule has 1 aliphatic heterocycles. The maximum Gasteiger partial charge on any atom is 0.273 e. The summed E-state index contributed by atoms with van der Waals surface area (Å²) in [4.78, 5) is 12.6. The number of nitrogens with zero attached hydrogens (tertiary/aromatic N) is 3. The molecule has 8 heteroatoms. The van der Waals surface area contributed by atoms with Gasteiger partial charge in [-0.25, -0.2) is 4.68 Å². The third kappa shape index (κ3) is 5.19. The standard InChI is InChI=1S/C18H24ClN5O.ClH/c1-18(2,11-13-5-3-4-6-15(13)19)21-17(25)16-12-24(23-22-16)14-7-9-20-10-8-14;/h3-6,12,14,20H,7-11H2,1-2H3,(H,21,25);1H. The molecular formula is C18H25Cl2N5O. The maximum atomic E-state index is 12.6. The van der Waals surface area contributed by atoms with E-state index in [1.807, 2.05) is 42.8 Å². The Bertz CT molecular complexity index is 741. The van der Waals surface area contributed by atoms with Crippen LogP contribution in [0.5, 0.6) is 0 Å². The number of carbonyl (C=O) groups excluding carboxylic acids is 1. The highest BCUT2D eigenvalue weighted by Crippen LogP contribution is 2.21. The monoisotopic (exact) mass is 397 g/mol. The number of piperidine rings is 1. The van der Waals surface area contributed by atoms with E-state index in [4.69, 9.17) is 11.6 Å². The maximum absolute atomic E-state index is 12.6. The highest BCUT2D eigenvalue weighted by molar-refractivity contribution is 6.31. The van der Waals surface area contributed by atoms with Crippen LogP contribution in [0.3, 0.4) is 0 Å². The first kappa shape index (κ1) is 20.7. The fraction of sp³-hybridized carbons (Fsp3) is 0.500. The van der Waals surface area contributed by atoms with Gasteiger partial charge in [0.15, 0.2) is 5.69 Å². The number of carbonyl (C=O) groups is 1. The summed E-state index contributed by atoms with van der Waals surface area (Å²) in [5.74, 6) is -0.211. The first-order chi connectivity index (χ1) is 11.9. The second-order valence-corrected chi connectivity index (χ2v) is 7.58. The summed E-state index contributed by atoms with van der Waals surface area (Å²) < 4.78 is 1.82. The lowest BCUT2D eigenvalue weighted by Crippen LogP contribution is -2.45. The van der Waals surface area contributed by atoms with Crippen molar-refractivity contribution in [2.45, 2.75) is 44.7 Å². The first-order valence-electron chi connectivity index (χ1n) is 8.63. The Morgan fingerprint density at radius 1 is 1.35 bits per heavy atom. The number of halogens is 2. The summed E-state index contributed by atoms with van der Waals surface area (Å²) in [7, 11) is 0. The highest BCUT2D eigenvalue weighted by atomic mass is 35.5. The molecule has 1 amide bonds. The van der Waals surface area contributed by atoms with Gasteiger partial charge in [-0.15, -0.1) is 17.5 Å². The molecule has 1 aromatic heterocycles. The molecule has 2 N–H and O–H groups in total. The molecule has 2 heterocycles. The van der Waals surface area contributed by atoms with Gasteiger partial charge in [-0.05, 0) is 57.8 Å². The molecule has 0 unspecified atom stereocenters. The van der Waals surface area contributed by atoms with Gasteiger partial charge in [0, 0.05) is 10.6 Å². The van der Waals surface area contributed by atoms with E-state index in [-0.39, 0.29) is 18.3 Å². The van der Waals surface area contributed by atoms with Crippen LogP contribution in [0.4, 0.5) is 0 Å². The van der Waals surface area contributed by atoms with Crippen molar-refractivity contribution < 1.29 is 4.79 Å². The van der Waals surface area contributed by atoms with Crippen LogP contribution in [-0.4, -0.2) is 39.5 Å². The smallest absolute Gasteiger partial charge is 0.273 e. The van der Waals surface area contributed by atoms with Crippen molar-refractivity contribution in [2.24, 2.45) is 0 Å². The first-order valence-corrected chi connectivity index (χ1v) is 9.01. The zero-order valence-corrected chi connectivity index (χ0v) is 16.6. The van der Waals surface area contributed by atoms with Gasteiger partial charge in [0.1, 0.15) is 0 Å². The summed E-state index contributed by atoms with van der Waals surface area (Å²) in [5.41, 5.74) is 0.916. The average Bonchev–Trinajstić information content (AvgIpc) is 3.07. The van der Waals surface area contributed by atoms with Gasteiger partial charge < -0.3 is 10.6 Å². The van der Waals surface area contributed by atoms with E-state index >= 15 is 0 Å². The van der Waals surface area contributed by atoms with Crippen LogP contribution in [0.25, 0.3) is 0 Å². The van der Waals surface area contributed by atoms with Gasteiger partial charge in [-0.3, -0.25) is 4.79 Å². The van der Waals surface area contributed by atoms with E-state index in [2.05, 4.69) is 20.9 Å². The van der Waals surface area contributed by atoms with Crippen LogP contribution in [0.1, 0.15) is 48.8 Å². The van der Waals surface area contributed by atoms with Crippen molar-refractivity contribution in [3.05, 3.63) is 46.7 Å². The molecule has 1 fully saturated rings. The minimum Gasteiger partial charge on any atom is -0.345 e. The number of hydrogen-bond donors (Lipinski definition) is 2. The fourth-order valence-corrected chi connectivity index (χ4v) is 3.37. The third-order valence-electron chi connectivity index (χ3n) is 4.47.